The average molecular weight is 497 g/mol. The first kappa shape index (κ1) is 20.0. The van der Waals surface area contributed by atoms with Crippen LogP contribution in [-0.2, 0) is 13.1 Å². The van der Waals surface area contributed by atoms with Gasteiger partial charge in [0.1, 0.15) is 16.9 Å². The van der Waals surface area contributed by atoms with Crippen LogP contribution in [0.3, 0.4) is 0 Å². The molecule has 5 rings (SSSR count). The number of fused-ring (bicyclic) bond motifs is 3. The van der Waals surface area contributed by atoms with Gasteiger partial charge in [-0.25, -0.2) is 9.37 Å². The summed E-state index contributed by atoms with van der Waals surface area (Å²) in [6.45, 7) is 0.765. The molecule has 0 aliphatic carbocycles. The Kier molecular flexibility index (Phi) is 5.12. The highest BCUT2D eigenvalue weighted by Crippen LogP contribution is 2.27. The number of aromatic nitrogens is 3. The van der Waals surface area contributed by atoms with E-state index < -0.39 is 0 Å². The molecule has 0 atom stereocenters. The van der Waals surface area contributed by atoms with E-state index in [2.05, 4.69) is 20.9 Å². The van der Waals surface area contributed by atoms with E-state index in [-0.39, 0.29) is 11.4 Å². The lowest BCUT2D eigenvalue weighted by molar-refractivity contribution is 0.629. The van der Waals surface area contributed by atoms with Crippen molar-refractivity contribution >= 4 is 49.5 Å². The van der Waals surface area contributed by atoms with Crippen LogP contribution in [0.2, 0.25) is 5.02 Å². The molecule has 154 valence electrons. The Hall–Kier alpha value is -2.96. The van der Waals surface area contributed by atoms with Gasteiger partial charge in [0.2, 0.25) is 0 Å². The van der Waals surface area contributed by atoms with Crippen molar-refractivity contribution in [1.82, 2.24) is 14.1 Å². The van der Waals surface area contributed by atoms with Gasteiger partial charge in [0.25, 0.3) is 5.56 Å². The molecule has 2 aromatic heterocycles. The van der Waals surface area contributed by atoms with Gasteiger partial charge in [0.15, 0.2) is 0 Å². The van der Waals surface area contributed by atoms with Crippen molar-refractivity contribution in [2.24, 2.45) is 0 Å². The van der Waals surface area contributed by atoms with Crippen LogP contribution in [0, 0.1) is 5.82 Å². The second-order valence-electron chi connectivity index (χ2n) is 7.34. The topological polar surface area (TPSA) is 39.8 Å². The van der Waals surface area contributed by atoms with E-state index in [1.165, 1.54) is 23.0 Å². The Morgan fingerprint density at radius 2 is 1.77 bits per heavy atom. The van der Waals surface area contributed by atoms with Crippen LogP contribution in [0.1, 0.15) is 11.1 Å². The second kappa shape index (κ2) is 7.94. The van der Waals surface area contributed by atoms with E-state index in [1.807, 2.05) is 47.0 Å². The zero-order valence-corrected chi connectivity index (χ0v) is 18.6. The van der Waals surface area contributed by atoms with Crippen molar-refractivity contribution in [2.45, 2.75) is 13.1 Å². The fourth-order valence-corrected chi connectivity index (χ4v) is 4.29. The van der Waals surface area contributed by atoms with Gasteiger partial charge < -0.3 is 4.57 Å². The summed E-state index contributed by atoms with van der Waals surface area (Å²) in [5.41, 5.74) is 3.35. The molecule has 0 radical (unpaired) electrons. The van der Waals surface area contributed by atoms with Gasteiger partial charge in [-0.05, 0) is 47.5 Å². The van der Waals surface area contributed by atoms with Gasteiger partial charge >= 0.3 is 0 Å². The van der Waals surface area contributed by atoms with E-state index in [1.54, 1.807) is 12.1 Å². The van der Waals surface area contributed by atoms with E-state index in [0.717, 1.165) is 21.1 Å². The third-order valence-corrected chi connectivity index (χ3v) is 6.24. The number of benzene rings is 3. The highest BCUT2D eigenvalue weighted by Gasteiger charge is 2.18. The lowest BCUT2D eigenvalue weighted by atomic mass is 10.2. The van der Waals surface area contributed by atoms with Crippen LogP contribution in [0.25, 0.3) is 21.9 Å². The molecule has 0 unspecified atom stereocenters. The van der Waals surface area contributed by atoms with Crippen molar-refractivity contribution in [3.8, 4) is 0 Å². The number of halogens is 3. The minimum atomic E-state index is -0.364. The van der Waals surface area contributed by atoms with E-state index in [0.29, 0.717) is 34.5 Å². The van der Waals surface area contributed by atoms with E-state index >= 15 is 0 Å². The van der Waals surface area contributed by atoms with Gasteiger partial charge in [-0.15, -0.1) is 0 Å². The largest absolute Gasteiger partial charge is 0.330 e. The van der Waals surface area contributed by atoms with Crippen LogP contribution in [0.15, 0.2) is 82.3 Å². The van der Waals surface area contributed by atoms with Crippen molar-refractivity contribution in [2.75, 3.05) is 0 Å². The van der Waals surface area contributed by atoms with Gasteiger partial charge in [-0.1, -0.05) is 57.9 Å². The fraction of sp³-hybridized carbons (Fsp3) is 0.0833. The quantitative estimate of drug-likeness (QED) is 0.306. The smallest absolute Gasteiger partial charge is 0.278 e. The monoisotopic (exact) mass is 495 g/mol. The molecule has 5 aromatic rings. The zero-order chi connectivity index (χ0) is 21.5. The lowest BCUT2D eigenvalue weighted by Crippen LogP contribution is -2.23. The summed E-state index contributed by atoms with van der Waals surface area (Å²) in [4.78, 5) is 18.1. The number of rotatable bonds is 4. The van der Waals surface area contributed by atoms with E-state index in [4.69, 9.17) is 11.6 Å². The molecule has 4 nitrogen and oxygen atoms in total. The molecule has 0 saturated heterocycles. The second-order valence-corrected chi connectivity index (χ2v) is 8.66. The fourth-order valence-electron chi connectivity index (χ4n) is 3.83. The molecular formula is C24H16BrClFN3O. The summed E-state index contributed by atoms with van der Waals surface area (Å²) < 4.78 is 18.4. The lowest BCUT2D eigenvalue weighted by Gasteiger charge is -2.10. The normalized spacial score (nSPS) is 11.5. The van der Waals surface area contributed by atoms with Crippen molar-refractivity contribution < 1.29 is 4.39 Å². The summed E-state index contributed by atoms with van der Waals surface area (Å²) in [6.07, 6.45) is 1.50. The van der Waals surface area contributed by atoms with Crippen LogP contribution in [-0.4, -0.2) is 14.1 Å². The SMILES string of the molecule is O=c1c2c(ncn1Cc1ccccc1Cl)c1cc(F)ccc1n2Cc1ccc(Br)cc1. The summed E-state index contributed by atoms with van der Waals surface area (Å²) in [5, 5.41) is 1.21. The maximum atomic E-state index is 14.0. The molecule has 0 aliphatic heterocycles. The molecule has 0 aliphatic rings. The van der Waals surface area contributed by atoms with E-state index in [9.17, 15) is 9.18 Å². The van der Waals surface area contributed by atoms with Gasteiger partial charge in [0, 0.05) is 21.4 Å². The molecule has 0 saturated carbocycles. The third kappa shape index (κ3) is 3.66. The summed E-state index contributed by atoms with van der Waals surface area (Å²) in [6, 6.07) is 19.8. The van der Waals surface area contributed by atoms with Crippen LogP contribution in [0.5, 0.6) is 0 Å². The van der Waals surface area contributed by atoms with Crippen LogP contribution in [0.4, 0.5) is 4.39 Å². The first-order valence-corrected chi connectivity index (χ1v) is 10.8. The van der Waals surface area contributed by atoms with Crippen LogP contribution >= 0.6 is 27.5 Å². The number of nitrogens with zero attached hydrogens (tertiary/aromatic N) is 3. The Morgan fingerprint density at radius 3 is 2.55 bits per heavy atom. The summed E-state index contributed by atoms with van der Waals surface area (Å²) in [5.74, 6) is -0.364. The molecule has 0 amide bonds. The molecule has 7 heteroatoms. The number of hydrogen-bond acceptors (Lipinski definition) is 2. The van der Waals surface area contributed by atoms with Gasteiger partial charge in [-0.3, -0.25) is 9.36 Å². The molecule has 0 bridgehead atoms. The molecular weight excluding hydrogens is 481 g/mol. The van der Waals surface area contributed by atoms with Crippen LogP contribution < -0.4 is 5.56 Å². The highest BCUT2D eigenvalue weighted by atomic mass is 79.9. The highest BCUT2D eigenvalue weighted by molar-refractivity contribution is 9.10. The molecule has 31 heavy (non-hydrogen) atoms. The maximum Gasteiger partial charge on any atom is 0.278 e. The first-order valence-electron chi connectivity index (χ1n) is 9.66. The van der Waals surface area contributed by atoms with Gasteiger partial charge in [-0.2, -0.15) is 0 Å². The maximum absolute atomic E-state index is 14.0. The Bertz CT molecular complexity index is 1490. The first-order chi connectivity index (χ1) is 15.0. The van der Waals surface area contributed by atoms with Gasteiger partial charge in [0.05, 0.1) is 18.4 Å². The molecule has 3 aromatic carbocycles. The van der Waals surface area contributed by atoms with Crippen molar-refractivity contribution in [1.29, 1.82) is 0 Å². The van der Waals surface area contributed by atoms with Crippen molar-refractivity contribution in [3.63, 3.8) is 0 Å². The molecule has 0 spiro atoms. The zero-order valence-electron chi connectivity index (χ0n) is 16.2. The summed E-state index contributed by atoms with van der Waals surface area (Å²) in [7, 11) is 0. The molecule has 0 N–H and O–H groups in total. The minimum Gasteiger partial charge on any atom is -0.330 e. The minimum absolute atomic E-state index is 0.196. The Morgan fingerprint density at radius 1 is 1.00 bits per heavy atom. The Labute approximate surface area is 190 Å². The van der Waals surface area contributed by atoms with Crippen molar-refractivity contribution in [3.05, 3.63) is 110 Å². The standard InChI is InChI=1S/C24H16BrClFN3O/c25-17-7-5-15(6-8-17)12-30-21-10-9-18(27)11-19(21)22-23(30)24(31)29(14-28-22)13-16-3-1-2-4-20(16)26/h1-11,14H,12-13H2. The Balaban J connectivity index is 1.73. The average Bonchev–Trinajstić information content (AvgIpc) is 3.06. The predicted octanol–water partition coefficient (Wildman–Crippen LogP) is 6.00. The molecule has 2 heterocycles. The molecule has 0 fully saturated rings. The number of hydrogen-bond donors (Lipinski definition) is 0. The third-order valence-electron chi connectivity index (χ3n) is 5.34. The summed E-state index contributed by atoms with van der Waals surface area (Å²) >= 11 is 9.74. The predicted molar refractivity (Wildman–Crippen MR) is 125 cm³/mol.